The molecule has 0 unspecified atom stereocenters. The van der Waals surface area contributed by atoms with Gasteiger partial charge in [0.2, 0.25) is 0 Å². The van der Waals surface area contributed by atoms with E-state index in [-0.39, 0.29) is 6.61 Å². The Hall–Kier alpha value is -2.54. The van der Waals surface area contributed by atoms with E-state index in [1.54, 1.807) is 0 Å². The topological polar surface area (TPSA) is 80.0 Å². The van der Waals surface area contributed by atoms with Crippen molar-refractivity contribution in [2.45, 2.75) is 72.8 Å². The minimum absolute atomic E-state index is 0.0657. The molecule has 0 aliphatic heterocycles. The average Bonchev–Trinajstić information content (AvgIpc) is 3.08. The molecule has 0 aliphatic rings. The molecule has 3 aromatic heterocycles. The van der Waals surface area contributed by atoms with Gasteiger partial charge in [-0.15, -0.1) is 0 Å². The number of rotatable bonds is 9. The lowest BCUT2D eigenvalue weighted by Crippen LogP contribution is -2.23. The van der Waals surface area contributed by atoms with Crippen LogP contribution < -0.4 is 4.90 Å². The minimum Gasteiger partial charge on any atom is -0.395 e. The second-order valence-corrected chi connectivity index (χ2v) is 8.45. The van der Waals surface area contributed by atoms with Gasteiger partial charge in [-0.3, -0.25) is 0 Å². The second kappa shape index (κ2) is 9.73. The summed E-state index contributed by atoms with van der Waals surface area (Å²) < 4.78 is 2.06. The smallest absolute Gasteiger partial charge is 0.177 e. The van der Waals surface area contributed by atoms with E-state index >= 15 is 0 Å². The largest absolute Gasteiger partial charge is 0.395 e. The summed E-state index contributed by atoms with van der Waals surface area (Å²) in [6.45, 7) is 13.3. The zero-order valence-corrected chi connectivity index (χ0v) is 20.0. The maximum absolute atomic E-state index is 9.51. The molecule has 31 heavy (non-hydrogen) atoms. The van der Waals surface area contributed by atoms with E-state index in [1.165, 1.54) is 0 Å². The van der Waals surface area contributed by atoms with Crippen LogP contribution in [0.3, 0.4) is 0 Å². The monoisotopic (exact) mass is 424 g/mol. The summed E-state index contributed by atoms with van der Waals surface area (Å²) >= 11 is 0. The lowest BCUT2D eigenvalue weighted by Gasteiger charge is -2.22. The third-order valence-corrected chi connectivity index (χ3v) is 5.93. The van der Waals surface area contributed by atoms with Crippen LogP contribution in [0.1, 0.15) is 76.5 Å². The Morgan fingerprint density at radius 1 is 1.06 bits per heavy atom. The van der Waals surface area contributed by atoms with Crippen LogP contribution in [0.5, 0.6) is 0 Å². The van der Waals surface area contributed by atoms with Gasteiger partial charge in [0, 0.05) is 24.8 Å². The highest BCUT2D eigenvalue weighted by atomic mass is 16.3. The van der Waals surface area contributed by atoms with E-state index in [1.807, 2.05) is 18.9 Å². The van der Waals surface area contributed by atoms with Gasteiger partial charge in [0.05, 0.1) is 29.7 Å². The maximum Gasteiger partial charge on any atom is 0.177 e. The van der Waals surface area contributed by atoms with Crippen molar-refractivity contribution < 1.29 is 5.11 Å². The van der Waals surface area contributed by atoms with Gasteiger partial charge in [-0.1, -0.05) is 34.6 Å². The van der Waals surface area contributed by atoms with Crippen molar-refractivity contribution in [3.8, 4) is 11.3 Å². The first-order valence-electron chi connectivity index (χ1n) is 11.4. The fourth-order valence-electron chi connectivity index (χ4n) is 3.99. The van der Waals surface area contributed by atoms with Crippen LogP contribution in [-0.4, -0.2) is 50.0 Å². The lowest BCUT2D eigenvalue weighted by molar-refractivity contribution is 0.304. The van der Waals surface area contributed by atoms with Crippen LogP contribution in [0, 0.1) is 6.92 Å². The van der Waals surface area contributed by atoms with Crippen LogP contribution >= 0.6 is 0 Å². The summed E-state index contributed by atoms with van der Waals surface area (Å²) in [5, 5.41) is 14.3. The molecule has 0 aromatic carbocycles. The molecule has 3 heterocycles. The van der Waals surface area contributed by atoms with Crippen LogP contribution in [0.15, 0.2) is 12.1 Å². The van der Waals surface area contributed by atoms with Gasteiger partial charge < -0.3 is 10.0 Å². The van der Waals surface area contributed by atoms with E-state index in [4.69, 9.17) is 20.1 Å². The van der Waals surface area contributed by atoms with Gasteiger partial charge in [0.25, 0.3) is 0 Å². The van der Waals surface area contributed by atoms with E-state index in [0.29, 0.717) is 18.5 Å². The molecular weight excluding hydrogens is 388 g/mol. The fourth-order valence-corrected chi connectivity index (χ4v) is 3.99. The van der Waals surface area contributed by atoms with Crippen LogP contribution in [-0.2, 0) is 6.42 Å². The van der Waals surface area contributed by atoms with Gasteiger partial charge in [0.1, 0.15) is 11.3 Å². The van der Waals surface area contributed by atoms with Crippen molar-refractivity contribution in [3.05, 3.63) is 29.2 Å². The second-order valence-electron chi connectivity index (χ2n) is 8.45. The van der Waals surface area contributed by atoms with E-state index in [0.717, 1.165) is 64.6 Å². The van der Waals surface area contributed by atoms with Gasteiger partial charge in [-0.25, -0.2) is 19.6 Å². The molecule has 7 heteroatoms. The zero-order valence-electron chi connectivity index (χ0n) is 20.0. The van der Waals surface area contributed by atoms with Gasteiger partial charge in [0.15, 0.2) is 5.65 Å². The normalized spacial score (nSPS) is 11.8. The van der Waals surface area contributed by atoms with Crippen LogP contribution in [0.25, 0.3) is 22.4 Å². The van der Waals surface area contributed by atoms with E-state index in [9.17, 15) is 5.11 Å². The molecule has 7 nitrogen and oxygen atoms in total. The van der Waals surface area contributed by atoms with Crippen molar-refractivity contribution in [1.29, 1.82) is 0 Å². The first-order chi connectivity index (χ1) is 14.9. The minimum atomic E-state index is 0.0657. The van der Waals surface area contributed by atoms with Crippen molar-refractivity contribution in [2.75, 3.05) is 25.1 Å². The highest BCUT2D eigenvalue weighted by Crippen LogP contribution is 2.33. The number of aryl methyl sites for hydroxylation is 2. The SMILES string of the molecule is CCc1nc2c(nc1-c1ccc(C(C)C)nc1N(C)CCO)c(C)nn2C(CC)CC. The molecule has 0 spiro atoms. The molecule has 0 atom stereocenters. The number of anilines is 1. The van der Waals surface area contributed by atoms with Gasteiger partial charge in [-0.05, 0) is 44.2 Å². The number of fused-ring (bicyclic) bond motifs is 1. The molecule has 0 aliphatic carbocycles. The molecule has 0 radical (unpaired) electrons. The van der Waals surface area contributed by atoms with Crippen LogP contribution in [0.4, 0.5) is 5.82 Å². The standard InChI is InChI=1S/C24H36N6O/c1-8-17(9-2)30-24-21(16(6)28-30)27-22(19(10-3)25-24)18-11-12-20(15(4)5)26-23(18)29(7)13-14-31/h11-12,15,17,31H,8-10,13-14H2,1-7H3. The molecule has 3 aromatic rings. The predicted molar refractivity (Wildman–Crippen MR) is 127 cm³/mol. The molecule has 3 rings (SSSR count). The number of likely N-dealkylation sites (N-methyl/N-ethyl adjacent to an activating group) is 1. The van der Waals surface area contributed by atoms with Crippen LogP contribution in [0.2, 0.25) is 0 Å². The average molecular weight is 425 g/mol. The first kappa shape index (κ1) is 23.1. The molecule has 0 saturated carbocycles. The molecule has 0 amide bonds. The first-order valence-corrected chi connectivity index (χ1v) is 11.4. The quantitative estimate of drug-likeness (QED) is 0.538. The van der Waals surface area contributed by atoms with Crippen molar-refractivity contribution in [1.82, 2.24) is 24.7 Å². The highest BCUT2D eigenvalue weighted by Gasteiger charge is 2.22. The summed E-state index contributed by atoms with van der Waals surface area (Å²) in [6, 6.07) is 4.49. The molecular formula is C24H36N6O. The molecule has 0 saturated heterocycles. The number of hydrogen-bond donors (Lipinski definition) is 1. The number of nitrogens with zero attached hydrogens (tertiary/aromatic N) is 6. The Morgan fingerprint density at radius 3 is 2.35 bits per heavy atom. The Kier molecular flexibility index (Phi) is 7.26. The Morgan fingerprint density at radius 2 is 1.77 bits per heavy atom. The summed E-state index contributed by atoms with van der Waals surface area (Å²) in [7, 11) is 1.96. The number of aromatic nitrogens is 5. The van der Waals surface area contributed by atoms with Gasteiger partial charge >= 0.3 is 0 Å². The number of aliphatic hydroxyl groups is 1. The third kappa shape index (κ3) is 4.42. The Bertz CT molecular complexity index is 1040. The predicted octanol–water partition coefficient (Wildman–Crippen LogP) is 4.67. The zero-order chi connectivity index (χ0) is 22.7. The van der Waals surface area contributed by atoms with E-state index < -0.39 is 0 Å². The molecule has 0 bridgehead atoms. The summed E-state index contributed by atoms with van der Waals surface area (Å²) in [6.07, 6.45) is 2.78. The Labute approximate surface area is 185 Å². The molecule has 1 N–H and O–H groups in total. The third-order valence-electron chi connectivity index (χ3n) is 5.93. The summed E-state index contributed by atoms with van der Waals surface area (Å²) in [4.78, 5) is 17.1. The van der Waals surface area contributed by atoms with Crippen molar-refractivity contribution in [3.63, 3.8) is 0 Å². The maximum atomic E-state index is 9.51. The Balaban J connectivity index is 2.26. The summed E-state index contributed by atoms with van der Waals surface area (Å²) in [5.41, 5.74) is 6.37. The number of aliphatic hydroxyl groups excluding tert-OH is 1. The van der Waals surface area contributed by atoms with Crippen molar-refractivity contribution in [2.24, 2.45) is 0 Å². The fraction of sp³-hybridized carbons (Fsp3) is 0.583. The lowest BCUT2D eigenvalue weighted by atomic mass is 10.0. The highest BCUT2D eigenvalue weighted by molar-refractivity contribution is 5.82. The van der Waals surface area contributed by atoms with Crippen molar-refractivity contribution >= 4 is 17.0 Å². The molecule has 168 valence electrons. The number of hydrogen-bond acceptors (Lipinski definition) is 6. The van der Waals surface area contributed by atoms with E-state index in [2.05, 4.69) is 51.4 Å². The van der Waals surface area contributed by atoms with Gasteiger partial charge in [-0.2, -0.15) is 5.10 Å². The number of pyridine rings is 1. The summed E-state index contributed by atoms with van der Waals surface area (Å²) in [5.74, 6) is 1.14. The molecule has 0 fully saturated rings.